The molecule has 1 aliphatic heterocycles. The number of methoxy groups -OCH3 is 1. The largest absolute Gasteiger partial charge is 0.495 e. The van der Waals surface area contributed by atoms with Crippen LogP contribution >= 0.6 is 12.4 Å². The van der Waals surface area contributed by atoms with Gasteiger partial charge in [-0.2, -0.15) is 4.31 Å². The molecule has 1 unspecified atom stereocenters. The Hall–Kier alpha value is -0.870. The predicted octanol–water partition coefficient (Wildman–Crippen LogP) is 1.27. The van der Waals surface area contributed by atoms with Crippen LogP contribution in [0, 0.1) is 5.92 Å². The zero-order chi connectivity index (χ0) is 18.0. The van der Waals surface area contributed by atoms with E-state index in [1.165, 1.54) is 29.6 Å². The van der Waals surface area contributed by atoms with Gasteiger partial charge in [-0.1, -0.05) is 0 Å². The number of nitrogens with two attached hydrogens (primary N) is 1. The molecule has 0 aromatic heterocycles. The van der Waals surface area contributed by atoms with Gasteiger partial charge in [0.1, 0.15) is 10.6 Å². The molecule has 1 aromatic rings. The number of nitrogens with zero attached hydrogens (tertiary/aromatic N) is 1. The van der Waals surface area contributed by atoms with Gasteiger partial charge in [0, 0.05) is 19.3 Å². The third-order valence-electron chi connectivity index (χ3n) is 4.24. The SMILES string of the molecule is COc1ccc(S(C)(=O)=O)cc1S(=O)(=O)N1CCCC(CCN)C1.Cl. The van der Waals surface area contributed by atoms with Crippen molar-refractivity contribution in [1.82, 2.24) is 4.31 Å². The molecule has 0 bridgehead atoms. The fourth-order valence-electron chi connectivity index (χ4n) is 2.94. The Labute approximate surface area is 155 Å². The van der Waals surface area contributed by atoms with E-state index in [2.05, 4.69) is 0 Å². The molecular formula is C15H25ClN2O5S2. The summed E-state index contributed by atoms with van der Waals surface area (Å²) in [6, 6.07) is 3.90. The molecule has 1 heterocycles. The average Bonchev–Trinajstić information content (AvgIpc) is 2.54. The van der Waals surface area contributed by atoms with Crippen LogP contribution in [-0.4, -0.2) is 54.1 Å². The van der Waals surface area contributed by atoms with Crippen LogP contribution in [0.3, 0.4) is 0 Å². The average molecular weight is 413 g/mol. The first-order chi connectivity index (χ1) is 11.2. The van der Waals surface area contributed by atoms with Crippen LogP contribution in [0.25, 0.3) is 0 Å². The van der Waals surface area contributed by atoms with Crippen LogP contribution in [0.1, 0.15) is 19.3 Å². The molecule has 0 saturated carbocycles. The number of hydrogen-bond acceptors (Lipinski definition) is 6. The van der Waals surface area contributed by atoms with E-state index in [4.69, 9.17) is 10.5 Å². The van der Waals surface area contributed by atoms with Crippen LogP contribution in [0.2, 0.25) is 0 Å². The third kappa shape index (κ3) is 5.07. The van der Waals surface area contributed by atoms with E-state index in [0.29, 0.717) is 19.6 Å². The van der Waals surface area contributed by atoms with Crippen molar-refractivity contribution in [3.63, 3.8) is 0 Å². The van der Waals surface area contributed by atoms with Crippen LogP contribution < -0.4 is 10.5 Å². The fraction of sp³-hybridized carbons (Fsp3) is 0.600. The van der Waals surface area contributed by atoms with Crippen molar-refractivity contribution in [2.24, 2.45) is 11.7 Å². The molecular weight excluding hydrogens is 388 g/mol. The van der Waals surface area contributed by atoms with Crippen LogP contribution in [0.15, 0.2) is 28.0 Å². The Bertz CT molecular complexity index is 794. The maximum Gasteiger partial charge on any atom is 0.246 e. The number of sulfone groups is 1. The van der Waals surface area contributed by atoms with Gasteiger partial charge in [-0.15, -0.1) is 12.4 Å². The quantitative estimate of drug-likeness (QED) is 0.753. The smallest absolute Gasteiger partial charge is 0.246 e. The summed E-state index contributed by atoms with van der Waals surface area (Å²) in [7, 11) is -5.99. The maximum absolute atomic E-state index is 13.0. The van der Waals surface area contributed by atoms with Gasteiger partial charge in [0.2, 0.25) is 10.0 Å². The summed E-state index contributed by atoms with van der Waals surface area (Å²) >= 11 is 0. The second-order valence-electron chi connectivity index (χ2n) is 6.03. The minimum Gasteiger partial charge on any atom is -0.495 e. The molecule has 2 rings (SSSR count). The summed E-state index contributed by atoms with van der Waals surface area (Å²) < 4.78 is 56.1. The second kappa shape index (κ2) is 8.68. The molecule has 25 heavy (non-hydrogen) atoms. The number of halogens is 1. The van der Waals surface area contributed by atoms with Crippen molar-refractivity contribution in [1.29, 1.82) is 0 Å². The lowest BCUT2D eigenvalue weighted by molar-refractivity contribution is 0.257. The molecule has 1 aromatic carbocycles. The van der Waals surface area contributed by atoms with E-state index in [9.17, 15) is 16.8 Å². The Morgan fingerprint density at radius 3 is 2.52 bits per heavy atom. The van der Waals surface area contributed by atoms with Crippen molar-refractivity contribution in [3.8, 4) is 5.75 Å². The first-order valence-corrected chi connectivity index (χ1v) is 11.1. The molecule has 1 atom stereocenters. The highest BCUT2D eigenvalue weighted by Crippen LogP contribution is 2.32. The van der Waals surface area contributed by atoms with Gasteiger partial charge in [0.25, 0.3) is 0 Å². The Kier molecular flexibility index (Phi) is 7.70. The van der Waals surface area contributed by atoms with E-state index in [-0.39, 0.29) is 33.9 Å². The van der Waals surface area contributed by atoms with Crippen molar-refractivity contribution in [2.75, 3.05) is 33.0 Å². The zero-order valence-corrected chi connectivity index (χ0v) is 16.8. The molecule has 1 fully saturated rings. The van der Waals surface area contributed by atoms with Crippen LogP contribution in [-0.2, 0) is 19.9 Å². The fourth-order valence-corrected chi connectivity index (χ4v) is 5.40. The molecule has 1 aliphatic rings. The highest BCUT2D eigenvalue weighted by atomic mass is 35.5. The first kappa shape index (κ1) is 22.2. The summed E-state index contributed by atoms with van der Waals surface area (Å²) in [6.07, 6.45) is 3.53. The van der Waals surface area contributed by atoms with E-state index in [1.807, 2.05) is 0 Å². The molecule has 7 nitrogen and oxygen atoms in total. The maximum atomic E-state index is 13.0. The summed E-state index contributed by atoms with van der Waals surface area (Å²) in [5, 5.41) is 0. The van der Waals surface area contributed by atoms with Gasteiger partial charge in [0.05, 0.1) is 12.0 Å². The zero-order valence-electron chi connectivity index (χ0n) is 14.3. The number of rotatable bonds is 6. The van der Waals surface area contributed by atoms with Gasteiger partial charge >= 0.3 is 0 Å². The molecule has 0 spiro atoms. The molecule has 1 saturated heterocycles. The molecule has 0 aliphatic carbocycles. The van der Waals surface area contributed by atoms with Crippen molar-refractivity contribution in [2.45, 2.75) is 29.1 Å². The molecule has 10 heteroatoms. The molecule has 0 radical (unpaired) electrons. The summed E-state index contributed by atoms with van der Waals surface area (Å²) in [4.78, 5) is -0.154. The standard InChI is InChI=1S/C15H24N2O5S2.ClH/c1-22-14-6-5-13(23(2,18)19)10-15(14)24(20,21)17-9-3-4-12(11-17)7-8-16;/h5-6,10,12H,3-4,7-9,11,16H2,1-2H3;1H. The van der Waals surface area contributed by atoms with Crippen molar-refractivity contribution in [3.05, 3.63) is 18.2 Å². The number of ether oxygens (including phenoxy) is 1. The van der Waals surface area contributed by atoms with Crippen LogP contribution in [0.4, 0.5) is 0 Å². The topological polar surface area (TPSA) is 107 Å². The monoisotopic (exact) mass is 412 g/mol. The predicted molar refractivity (Wildman–Crippen MR) is 98.5 cm³/mol. The van der Waals surface area contributed by atoms with E-state index < -0.39 is 19.9 Å². The Morgan fingerprint density at radius 1 is 1.28 bits per heavy atom. The number of benzene rings is 1. The highest BCUT2D eigenvalue weighted by Gasteiger charge is 2.32. The van der Waals surface area contributed by atoms with E-state index in [0.717, 1.165) is 25.5 Å². The van der Waals surface area contributed by atoms with Gasteiger partial charge < -0.3 is 10.5 Å². The number of sulfonamides is 1. The van der Waals surface area contributed by atoms with Gasteiger partial charge in [-0.3, -0.25) is 0 Å². The summed E-state index contributed by atoms with van der Waals surface area (Å²) in [5.41, 5.74) is 5.58. The third-order valence-corrected chi connectivity index (χ3v) is 7.23. The molecule has 2 N–H and O–H groups in total. The van der Waals surface area contributed by atoms with Crippen LogP contribution in [0.5, 0.6) is 5.75 Å². The minimum atomic E-state index is -3.84. The number of hydrogen-bond donors (Lipinski definition) is 1. The lowest BCUT2D eigenvalue weighted by Gasteiger charge is -2.32. The van der Waals surface area contributed by atoms with E-state index >= 15 is 0 Å². The summed E-state index contributed by atoms with van der Waals surface area (Å²) in [5.74, 6) is 0.367. The second-order valence-corrected chi connectivity index (χ2v) is 9.96. The Balaban J connectivity index is 0.00000312. The molecule has 0 amide bonds. The first-order valence-electron chi connectivity index (χ1n) is 7.78. The highest BCUT2D eigenvalue weighted by molar-refractivity contribution is 7.91. The van der Waals surface area contributed by atoms with Gasteiger partial charge in [0.15, 0.2) is 9.84 Å². The molecule has 144 valence electrons. The van der Waals surface area contributed by atoms with E-state index in [1.54, 1.807) is 0 Å². The van der Waals surface area contributed by atoms with Gasteiger partial charge in [-0.05, 0) is 49.9 Å². The summed E-state index contributed by atoms with van der Waals surface area (Å²) in [6.45, 7) is 1.33. The lowest BCUT2D eigenvalue weighted by atomic mass is 9.96. The minimum absolute atomic E-state index is 0. The lowest BCUT2D eigenvalue weighted by Crippen LogP contribution is -2.40. The van der Waals surface area contributed by atoms with Crippen molar-refractivity contribution < 1.29 is 21.6 Å². The normalized spacial score (nSPS) is 19.2. The van der Waals surface area contributed by atoms with Crippen molar-refractivity contribution >= 4 is 32.3 Å². The van der Waals surface area contributed by atoms with Gasteiger partial charge in [-0.25, -0.2) is 16.8 Å². The Morgan fingerprint density at radius 2 is 1.96 bits per heavy atom. The number of piperidine rings is 1.